The molecule has 0 radical (unpaired) electrons. The maximum Gasteiger partial charge on any atom is 0.491 e. The molecule has 1 aromatic carbocycles. The first-order valence-corrected chi connectivity index (χ1v) is 8.92. The van der Waals surface area contributed by atoms with Crippen molar-refractivity contribution in [3.05, 3.63) is 23.2 Å². The Bertz CT molecular complexity index is 887. The van der Waals surface area contributed by atoms with Crippen LogP contribution < -0.4 is 10.6 Å². The molecule has 1 saturated heterocycles. The molecule has 146 valence electrons. The number of carbonyl (C=O) groups excluding carboxylic acids is 1. The zero-order valence-electron chi connectivity index (χ0n) is 14.1. The molecule has 1 saturated carbocycles. The molecule has 1 aromatic heterocycles. The van der Waals surface area contributed by atoms with E-state index in [-0.39, 0.29) is 12.1 Å². The SMILES string of the molecule is NC1CCC2(CCN(c3nc4cc(Cl)ccc4o3)C2OC(=O)C(F)(F)F)C1. The van der Waals surface area contributed by atoms with Gasteiger partial charge in [0.05, 0.1) is 0 Å². The molecule has 1 aliphatic carbocycles. The number of aromatic nitrogens is 1. The number of ether oxygens (including phenoxy) is 1. The number of halogens is 4. The van der Waals surface area contributed by atoms with Gasteiger partial charge >= 0.3 is 18.2 Å². The van der Waals surface area contributed by atoms with Crippen LogP contribution in [0.25, 0.3) is 11.1 Å². The van der Waals surface area contributed by atoms with E-state index in [2.05, 4.69) is 4.98 Å². The number of hydrogen-bond donors (Lipinski definition) is 1. The van der Waals surface area contributed by atoms with Gasteiger partial charge in [-0.25, -0.2) is 4.79 Å². The molecule has 27 heavy (non-hydrogen) atoms. The molecular weight excluding hydrogens is 387 g/mol. The lowest BCUT2D eigenvalue weighted by Gasteiger charge is -2.33. The third kappa shape index (κ3) is 3.23. The first kappa shape index (κ1) is 18.4. The summed E-state index contributed by atoms with van der Waals surface area (Å²) in [6.45, 7) is 0.350. The summed E-state index contributed by atoms with van der Waals surface area (Å²) in [6, 6.07) is 4.81. The van der Waals surface area contributed by atoms with Gasteiger partial charge in [0.1, 0.15) is 5.52 Å². The number of esters is 1. The number of carbonyl (C=O) groups is 1. The lowest BCUT2D eigenvalue weighted by Crippen LogP contribution is -2.45. The molecule has 10 heteroatoms. The monoisotopic (exact) mass is 403 g/mol. The molecule has 3 unspecified atom stereocenters. The molecule has 1 aliphatic heterocycles. The largest absolute Gasteiger partial charge is 0.491 e. The van der Waals surface area contributed by atoms with Crippen molar-refractivity contribution in [2.24, 2.45) is 11.1 Å². The summed E-state index contributed by atoms with van der Waals surface area (Å²) >= 11 is 5.95. The smallest absolute Gasteiger partial charge is 0.434 e. The maximum absolute atomic E-state index is 12.8. The Morgan fingerprint density at radius 3 is 2.85 bits per heavy atom. The number of anilines is 1. The second kappa shape index (κ2) is 6.27. The molecular formula is C17H17ClF3N3O3. The van der Waals surface area contributed by atoms with Gasteiger partial charge in [-0.3, -0.25) is 4.90 Å². The van der Waals surface area contributed by atoms with Gasteiger partial charge in [-0.1, -0.05) is 11.6 Å². The van der Waals surface area contributed by atoms with Crippen LogP contribution in [0.1, 0.15) is 25.7 Å². The van der Waals surface area contributed by atoms with Crippen molar-refractivity contribution >= 4 is 34.7 Å². The molecule has 1 spiro atoms. The second-order valence-corrected chi connectivity index (χ2v) is 7.61. The first-order chi connectivity index (χ1) is 12.7. The highest BCUT2D eigenvalue weighted by Crippen LogP contribution is 2.51. The van der Waals surface area contributed by atoms with Gasteiger partial charge in [-0.2, -0.15) is 18.2 Å². The Labute approximate surface area is 157 Å². The van der Waals surface area contributed by atoms with Crippen LogP contribution in [0.2, 0.25) is 5.02 Å². The minimum atomic E-state index is -5.08. The van der Waals surface area contributed by atoms with Gasteiger partial charge in [0, 0.05) is 23.0 Å². The van der Waals surface area contributed by atoms with Crippen molar-refractivity contribution in [1.29, 1.82) is 0 Å². The number of nitrogens with zero attached hydrogens (tertiary/aromatic N) is 2. The van der Waals surface area contributed by atoms with Crippen LogP contribution in [-0.2, 0) is 9.53 Å². The van der Waals surface area contributed by atoms with Crippen molar-refractivity contribution in [2.75, 3.05) is 11.4 Å². The molecule has 2 aliphatic rings. The van der Waals surface area contributed by atoms with Crippen LogP contribution >= 0.6 is 11.6 Å². The molecule has 0 bridgehead atoms. The number of benzene rings is 1. The highest BCUT2D eigenvalue weighted by Gasteiger charge is 2.56. The van der Waals surface area contributed by atoms with Crippen LogP contribution in [0, 0.1) is 5.41 Å². The topological polar surface area (TPSA) is 81.6 Å². The Balaban J connectivity index is 1.70. The van der Waals surface area contributed by atoms with Gasteiger partial charge in [-0.05, 0) is 43.9 Å². The fraction of sp³-hybridized carbons (Fsp3) is 0.529. The van der Waals surface area contributed by atoms with E-state index in [9.17, 15) is 18.0 Å². The quantitative estimate of drug-likeness (QED) is 0.771. The van der Waals surface area contributed by atoms with Crippen molar-refractivity contribution in [3.63, 3.8) is 0 Å². The third-order valence-electron chi connectivity index (χ3n) is 5.37. The van der Waals surface area contributed by atoms with E-state index in [0.717, 1.165) is 0 Å². The number of fused-ring (bicyclic) bond motifs is 1. The van der Waals surface area contributed by atoms with E-state index in [0.29, 0.717) is 48.4 Å². The van der Waals surface area contributed by atoms with Crippen LogP contribution in [0.3, 0.4) is 0 Å². The summed E-state index contributed by atoms with van der Waals surface area (Å²) in [5, 5.41) is 0.460. The second-order valence-electron chi connectivity index (χ2n) is 7.17. The van der Waals surface area contributed by atoms with E-state index in [1.54, 1.807) is 18.2 Å². The Morgan fingerprint density at radius 2 is 2.19 bits per heavy atom. The van der Waals surface area contributed by atoms with Crippen molar-refractivity contribution in [3.8, 4) is 0 Å². The molecule has 2 N–H and O–H groups in total. The summed E-state index contributed by atoms with van der Waals surface area (Å²) in [4.78, 5) is 17.4. The molecule has 3 atom stereocenters. The lowest BCUT2D eigenvalue weighted by molar-refractivity contribution is -0.209. The summed E-state index contributed by atoms with van der Waals surface area (Å²) in [5.74, 6) is -2.22. The molecule has 2 heterocycles. The number of alkyl halides is 3. The van der Waals surface area contributed by atoms with Crippen LogP contribution in [-0.4, -0.2) is 35.9 Å². The zero-order valence-corrected chi connectivity index (χ0v) is 14.9. The molecule has 2 fully saturated rings. The van der Waals surface area contributed by atoms with Gasteiger partial charge < -0.3 is 14.9 Å². The third-order valence-corrected chi connectivity index (χ3v) is 5.61. The van der Waals surface area contributed by atoms with Gasteiger partial charge in [0.2, 0.25) is 0 Å². The highest BCUT2D eigenvalue weighted by atomic mass is 35.5. The zero-order chi connectivity index (χ0) is 19.4. The predicted octanol–water partition coefficient (Wildman–Crippen LogP) is 3.62. The maximum atomic E-state index is 12.8. The highest BCUT2D eigenvalue weighted by molar-refractivity contribution is 6.31. The van der Waals surface area contributed by atoms with Gasteiger partial charge in [-0.15, -0.1) is 0 Å². The number of hydrogen-bond acceptors (Lipinski definition) is 6. The van der Waals surface area contributed by atoms with Crippen LogP contribution in [0.4, 0.5) is 19.2 Å². The van der Waals surface area contributed by atoms with Crippen molar-refractivity contribution in [2.45, 2.75) is 44.1 Å². The molecule has 2 aromatic rings. The Morgan fingerprint density at radius 1 is 1.41 bits per heavy atom. The van der Waals surface area contributed by atoms with E-state index < -0.39 is 23.8 Å². The summed E-state index contributed by atoms with van der Waals surface area (Å²) in [6.07, 6.45) is -3.96. The van der Waals surface area contributed by atoms with Crippen LogP contribution in [0.15, 0.2) is 22.6 Å². The Kier molecular flexibility index (Phi) is 4.27. The van der Waals surface area contributed by atoms with Crippen LogP contribution in [0.5, 0.6) is 0 Å². The molecule has 4 rings (SSSR count). The van der Waals surface area contributed by atoms with E-state index in [1.807, 2.05) is 0 Å². The molecule has 6 nitrogen and oxygen atoms in total. The standard InChI is InChI=1S/C17H17ClF3N3O3/c18-9-1-2-12-11(7-9)23-15(26-12)24-6-5-16(4-3-10(22)8-16)13(24)27-14(25)17(19,20)21/h1-2,7,10,13H,3-6,8,22H2. The van der Waals surface area contributed by atoms with Crippen molar-refractivity contribution in [1.82, 2.24) is 4.98 Å². The normalized spacial score (nSPS) is 28.4. The first-order valence-electron chi connectivity index (χ1n) is 8.54. The average molecular weight is 404 g/mol. The van der Waals surface area contributed by atoms with E-state index >= 15 is 0 Å². The number of rotatable bonds is 2. The lowest BCUT2D eigenvalue weighted by atomic mass is 9.83. The Hall–Kier alpha value is -2.00. The minimum absolute atomic E-state index is 0.101. The number of nitrogens with two attached hydrogens (primary N) is 1. The van der Waals surface area contributed by atoms with E-state index in [4.69, 9.17) is 26.5 Å². The fourth-order valence-corrected chi connectivity index (χ4v) is 4.30. The fourth-order valence-electron chi connectivity index (χ4n) is 4.13. The van der Waals surface area contributed by atoms with E-state index in [1.165, 1.54) is 4.90 Å². The summed E-state index contributed by atoms with van der Waals surface area (Å²) in [5.41, 5.74) is 6.27. The average Bonchev–Trinajstić information content (AvgIpc) is 3.25. The number of oxazole rings is 1. The minimum Gasteiger partial charge on any atom is -0.434 e. The molecule has 0 amide bonds. The van der Waals surface area contributed by atoms with Gasteiger partial charge in [0.25, 0.3) is 0 Å². The predicted molar refractivity (Wildman–Crippen MR) is 91.2 cm³/mol. The summed E-state index contributed by atoms with van der Waals surface area (Å²) < 4.78 is 49.1. The summed E-state index contributed by atoms with van der Waals surface area (Å²) in [7, 11) is 0. The van der Waals surface area contributed by atoms with Crippen molar-refractivity contribution < 1.29 is 27.1 Å². The van der Waals surface area contributed by atoms with Gasteiger partial charge in [0.15, 0.2) is 11.8 Å².